The first-order valence-corrected chi connectivity index (χ1v) is 5.69. The van der Waals surface area contributed by atoms with Crippen LogP contribution in [0.1, 0.15) is 32.6 Å². The van der Waals surface area contributed by atoms with Gasteiger partial charge in [0.25, 0.3) is 0 Å². The van der Waals surface area contributed by atoms with E-state index in [4.69, 9.17) is 0 Å². The van der Waals surface area contributed by atoms with Crippen molar-refractivity contribution < 1.29 is 0 Å². The van der Waals surface area contributed by atoms with Crippen LogP contribution in [0.25, 0.3) is 0 Å². The molecule has 1 atom stereocenters. The monoisotopic (exact) mass is 182 g/mol. The van der Waals surface area contributed by atoms with E-state index in [1.54, 1.807) is 0 Å². The van der Waals surface area contributed by atoms with Crippen LogP contribution in [-0.2, 0) is 0 Å². The van der Waals surface area contributed by atoms with E-state index >= 15 is 0 Å². The van der Waals surface area contributed by atoms with Crippen molar-refractivity contribution in [2.45, 2.75) is 44.7 Å². The summed E-state index contributed by atoms with van der Waals surface area (Å²) < 4.78 is 0. The second kappa shape index (κ2) is 3.97. The molecule has 0 radical (unpaired) electrons. The van der Waals surface area contributed by atoms with E-state index < -0.39 is 0 Å². The molecule has 1 aliphatic heterocycles. The first kappa shape index (κ1) is 9.47. The Labute approximate surface area is 81.7 Å². The third-order valence-corrected chi connectivity index (χ3v) is 3.64. The van der Waals surface area contributed by atoms with Crippen molar-refractivity contribution in [3.63, 3.8) is 0 Å². The molecule has 76 valence electrons. The maximum absolute atomic E-state index is 3.56. The molecule has 0 spiro atoms. The highest BCUT2D eigenvalue weighted by Gasteiger charge is 2.30. The minimum Gasteiger partial charge on any atom is -0.313 e. The third kappa shape index (κ3) is 2.23. The molecule has 0 bridgehead atoms. The highest BCUT2D eigenvalue weighted by molar-refractivity contribution is 4.86. The molecule has 2 rings (SSSR count). The number of hydrogen-bond donors (Lipinski definition) is 1. The highest BCUT2D eigenvalue weighted by atomic mass is 15.2. The molecular formula is C11H22N2. The van der Waals surface area contributed by atoms with Crippen molar-refractivity contribution in [2.24, 2.45) is 5.92 Å². The van der Waals surface area contributed by atoms with Gasteiger partial charge >= 0.3 is 0 Å². The normalized spacial score (nSPS) is 39.5. The first-order valence-electron chi connectivity index (χ1n) is 5.69. The minimum absolute atomic E-state index is 0.779. The Morgan fingerprint density at radius 2 is 2.15 bits per heavy atom. The van der Waals surface area contributed by atoms with Gasteiger partial charge in [0, 0.05) is 18.6 Å². The van der Waals surface area contributed by atoms with Crippen molar-refractivity contribution in [2.75, 3.05) is 20.1 Å². The van der Waals surface area contributed by atoms with E-state index in [1.165, 1.54) is 38.8 Å². The maximum Gasteiger partial charge on any atom is 0.0195 e. The lowest BCUT2D eigenvalue weighted by atomic mass is 9.81. The van der Waals surface area contributed by atoms with E-state index in [0.717, 1.165) is 18.0 Å². The second-order valence-corrected chi connectivity index (χ2v) is 4.96. The molecule has 1 saturated heterocycles. The van der Waals surface area contributed by atoms with Crippen LogP contribution < -0.4 is 5.32 Å². The fourth-order valence-corrected chi connectivity index (χ4v) is 2.63. The van der Waals surface area contributed by atoms with Crippen LogP contribution in [0.5, 0.6) is 0 Å². The Morgan fingerprint density at radius 1 is 1.38 bits per heavy atom. The Morgan fingerprint density at radius 3 is 2.69 bits per heavy atom. The van der Waals surface area contributed by atoms with E-state index in [-0.39, 0.29) is 0 Å². The lowest BCUT2D eigenvalue weighted by Gasteiger charge is -2.40. The van der Waals surface area contributed by atoms with E-state index in [9.17, 15) is 0 Å². The number of nitrogens with zero attached hydrogens (tertiary/aromatic N) is 1. The predicted octanol–water partition coefficient (Wildman–Crippen LogP) is 1.47. The van der Waals surface area contributed by atoms with Crippen molar-refractivity contribution in [1.29, 1.82) is 0 Å². The van der Waals surface area contributed by atoms with E-state index in [2.05, 4.69) is 24.2 Å². The summed E-state index contributed by atoms with van der Waals surface area (Å²) in [5.74, 6) is 0.976. The second-order valence-electron chi connectivity index (χ2n) is 4.96. The molecule has 0 aromatic heterocycles. The van der Waals surface area contributed by atoms with Crippen LogP contribution >= 0.6 is 0 Å². The molecular weight excluding hydrogens is 160 g/mol. The number of nitrogens with one attached hydrogen (secondary N) is 1. The fraction of sp³-hybridized carbons (Fsp3) is 1.00. The summed E-state index contributed by atoms with van der Waals surface area (Å²) in [5.41, 5.74) is 0. The Hall–Kier alpha value is -0.0800. The number of hydrogen-bond acceptors (Lipinski definition) is 2. The van der Waals surface area contributed by atoms with E-state index in [1.807, 2.05) is 0 Å². The zero-order valence-electron chi connectivity index (χ0n) is 8.92. The quantitative estimate of drug-likeness (QED) is 0.711. The van der Waals surface area contributed by atoms with Crippen molar-refractivity contribution in [3.8, 4) is 0 Å². The van der Waals surface area contributed by atoms with Gasteiger partial charge < -0.3 is 10.2 Å². The van der Waals surface area contributed by atoms with Gasteiger partial charge in [-0.1, -0.05) is 6.92 Å². The van der Waals surface area contributed by atoms with Gasteiger partial charge in [0.1, 0.15) is 0 Å². The maximum atomic E-state index is 3.56. The molecule has 2 heteroatoms. The molecule has 2 fully saturated rings. The standard InChI is InChI=1S/C11H22N2/c1-9-6-11(7-9)13(2)8-10-4-3-5-12-10/h9-12H,3-8H2,1-2H3. The molecule has 1 unspecified atom stereocenters. The summed E-state index contributed by atoms with van der Waals surface area (Å²) >= 11 is 0. The molecule has 0 aromatic carbocycles. The van der Waals surface area contributed by atoms with Crippen LogP contribution in [0.15, 0.2) is 0 Å². The van der Waals surface area contributed by atoms with Crippen LogP contribution in [0.2, 0.25) is 0 Å². The SMILES string of the molecule is CC1CC(N(C)CC2CCCN2)C1. The topological polar surface area (TPSA) is 15.3 Å². The summed E-state index contributed by atoms with van der Waals surface area (Å²) in [6, 6.07) is 1.67. The molecule has 2 aliphatic rings. The molecule has 1 heterocycles. The zero-order chi connectivity index (χ0) is 9.26. The van der Waals surface area contributed by atoms with Crippen molar-refractivity contribution in [3.05, 3.63) is 0 Å². The Balaban J connectivity index is 1.68. The average Bonchev–Trinajstić information content (AvgIpc) is 2.51. The summed E-state index contributed by atoms with van der Waals surface area (Å²) in [4.78, 5) is 2.56. The smallest absolute Gasteiger partial charge is 0.0195 e. The fourth-order valence-electron chi connectivity index (χ4n) is 2.63. The summed E-state index contributed by atoms with van der Waals surface area (Å²) in [6.45, 7) is 4.86. The zero-order valence-corrected chi connectivity index (χ0v) is 8.92. The van der Waals surface area contributed by atoms with Gasteiger partial charge in [-0.3, -0.25) is 0 Å². The van der Waals surface area contributed by atoms with Gasteiger partial charge in [-0.2, -0.15) is 0 Å². The summed E-state index contributed by atoms with van der Waals surface area (Å²) in [7, 11) is 2.29. The lowest BCUT2D eigenvalue weighted by Crippen LogP contribution is -2.46. The Kier molecular flexibility index (Phi) is 2.89. The summed E-state index contributed by atoms with van der Waals surface area (Å²) in [5, 5.41) is 3.56. The predicted molar refractivity (Wildman–Crippen MR) is 55.8 cm³/mol. The van der Waals surface area contributed by atoms with Crippen molar-refractivity contribution >= 4 is 0 Å². The van der Waals surface area contributed by atoms with Gasteiger partial charge in [0.15, 0.2) is 0 Å². The van der Waals surface area contributed by atoms with Gasteiger partial charge in [0.2, 0.25) is 0 Å². The molecule has 0 amide bonds. The number of rotatable bonds is 3. The molecule has 2 nitrogen and oxygen atoms in total. The third-order valence-electron chi connectivity index (χ3n) is 3.64. The molecule has 13 heavy (non-hydrogen) atoms. The molecule has 0 aromatic rings. The minimum atomic E-state index is 0.779. The van der Waals surface area contributed by atoms with Crippen LogP contribution in [0, 0.1) is 5.92 Å². The van der Waals surface area contributed by atoms with Crippen LogP contribution in [0.3, 0.4) is 0 Å². The van der Waals surface area contributed by atoms with Crippen molar-refractivity contribution in [1.82, 2.24) is 10.2 Å². The lowest BCUT2D eigenvalue weighted by molar-refractivity contribution is 0.103. The Bertz CT molecular complexity index is 157. The van der Waals surface area contributed by atoms with Crippen LogP contribution in [0.4, 0.5) is 0 Å². The van der Waals surface area contributed by atoms with Gasteiger partial charge in [-0.05, 0) is 45.2 Å². The highest BCUT2D eigenvalue weighted by Crippen LogP contribution is 2.30. The number of likely N-dealkylation sites (N-methyl/N-ethyl adjacent to an activating group) is 1. The first-order chi connectivity index (χ1) is 6.25. The van der Waals surface area contributed by atoms with Gasteiger partial charge in [-0.15, -0.1) is 0 Å². The van der Waals surface area contributed by atoms with Crippen LogP contribution in [-0.4, -0.2) is 37.1 Å². The van der Waals surface area contributed by atoms with Gasteiger partial charge in [0.05, 0.1) is 0 Å². The molecule has 1 saturated carbocycles. The molecule has 1 aliphatic carbocycles. The molecule has 1 N–H and O–H groups in total. The average molecular weight is 182 g/mol. The van der Waals surface area contributed by atoms with Gasteiger partial charge in [-0.25, -0.2) is 0 Å². The summed E-state index contributed by atoms with van der Waals surface area (Å²) in [6.07, 6.45) is 5.60. The largest absolute Gasteiger partial charge is 0.313 e. The van der Waals surface area contributed by atoms with E-state index in [0.29, 0.717) is 0 Å².